The molecule has 2 aliphatic rings. The van der Waals surface area contributed by atoms with Crippen molar-refractivity contribution in [2.45, 2.75) is 6.04 Å². The number of hydrogen-bond donors (Lipinski definition) is 0. The molecule has 0 fully saturated rings. The van der Waals surface area contributed by atoms with E-state index in [0.29, 0.717) is 5.57 Å². The molecule has 2 unspecified atom stereocenters. The third kappa shape index (κ3) is 1.63. The number of likely N-dealkylation sites (N-methyl/N-ethyl adjacent to an activating group) is 1. The van der Waals surface area contributed by atoms with Gasteiger partial charge in [0.15, 0.2) is 0 Å². The zero-order valence-corrected chi connectivity index (χ0v) is 10.2. The Morgan fingerprint density at radius 3 is 2.93 bits per heavy atom. The summed E-state index contributed by atoms with van der Waals surface area (Å²) in [7, 11) is 3.37. The van der Waals surface area contributed by atoms with Crippen LogP contribution in [0.3, 0.4) is 0 Å². The lowest BCUT2D eigenvalue weighted by molar-refractivity contribution is -0.136. The molecule has 1 heterocycles. The van der Waals surface area contributed by atoms with E-state index in [4.69, 9.17) is 4.74 Å². The van der Waals surface area contributed by atoms with Gasteiger partial charge in [0, 0.05) is 17.4 Å². The summed E-state index contributed by atoms with van der Waals surface area (Å²) in [6, 6.07) is 0.0665. The van der Waals surface area contributed by atoms with Gasteiger partial charge in [-0.2, -0.15) is 0 Å². The predicted molar refractivity (Wildman–Crippen MR) is 61.3 cm³/mol. The van der Waals surface area contributed by atoms with Gasteiger partial charge in [-0.3, -0.25) is 0 Å². The van der Waals surface area contributed by atoms with Gasteiger partial charge in [-0.1, -0.05) is 28.1 Å². The van der Waals surface area contributed by atoms with Crippen LogP contribution in [0, 0.1) is 5.92 Å². The van der Waals surface area contributed by atoms with E-state index >= 15 is 0 Å². The molecule has 0 aromatic heterocycles. The van der Waals surface area contributed by atoms with Crippen molar-refractivity contribution in [2.24, 2.45) is 5.92 Å². The molecule has 0 amide bonds. The summed E-state index contributed by atoms with van der Waals surface area (Å²) in [4.78, 5) is 13.6. The van der Waals surface area contributed by atoms with Crippen LogP contribution in [0.1, 0.15) is 0 Å². The maximum Gasteiger partial charge on any atom is 0.335 e. The van der Waals surface area contributed by atoms with E-state index in [-0.39, 0.29) is 17.9 Å². The first-order valence-electron chi connectivity index (χ1n) is 4.71. The number of halogens is 1. The van der Waals surface area contributed by atoms with Crippen LogP contribution in [-0.4, -0.2) is 31.1 Å². The number of nitrogens with zero attached hydrogens (tertiary/aromatic N) is 1. The Labute approximate surface area is 97.2 Å². The predicted octanol–water partition coefficient (Wildman–Crippen LogP) is 1.82. The van der Waals surface area contributed by atoms with Crippen molar-refractivity contribution in [3.8, 4) is 0 Å². The third-order valence-corrected chi connectivity index (χ3v) is 3.58. The smallest absolute Gasteiger partial charge is 0.335 e. The van der Waals surface area contributed by atoms with Gasteiger partial charge in [-0.15, -0.1) is 0 Å². The molecule has 2 atom stereocenters. The fraction of sp³-hybridized carbons (Fsp3) is 0.364. The molecular formula is C11H12BrNO2. The first kappa shape index (κ1) is 10.5. The molecule has 1 aliphatic carbocycles. The van der Waals surface area contributed by atoms with Crippen molar-refractivity contribution in [1.82, 2.24) is 4.90 Å². The molecule has 0 bridgehead atoms. The van der Waals surface area contributed by atoms with E-state index in [1.807, 2.05) is 30.3 Å². The number of rotatable bonds is 1. The van der Waals surface area contributed by atoms with Gasteiger partial charge >= 0.3 is 5.97 Å². The Morgan fingerprint density at radius 1 is 1.53 bits per heavy atom. The summed E-state index contributed by atoms with van der Waals surface area (Å²) in [6.07, 6.45) is 7.81. The van der Waals surface area contributed by atoms with Crippen molar-refractivity contribution in [2.75, 3.05) is 14.2 Å². The van der Waals surface area contributed by atoms with Crippen molar-refractivity contribution >= 4 is 21.9 Å². The number of carbonyl (C=O) groups is 1. The minimum Gasteiger partial charge on any atom is -0.466 e. The molecule has 2 rings (SSSR count). The lowest BCUT2D eigenvalue weighted by Crippen LogP contribution is -2.36. The minimum absolute atomic E-state index is 0.0665. The molecule has 0 N–H and O–H groups in total. The van der Waals surface area contributed by atoms with Gasteiger partial charge in [0.2, 0.25) is 0 Å². The second-order valence-corrected chi connectivity index (χ2v) is 4.56. The van der Waals surface area contributed by atoms with Crippen molar-refractivity contribution in [1.29, 1.82) is 0 Å². The maximum atomic E-state index is 11.6. The summed E-state index contributed by atoms with van der Waals surface area (Å²) >= 11 is 3.51. The normalized spacial score (nSPS) is 28.3. The molecule has 0 saturated carbocycles. The Balaban J connectivity index is 2.36. The minimum atomic E-state index is -0.253. The average Bonchev–Trinajstić information content (AvgIpc) is 2.62. The molecule has 0 aromatic rings. The second kappa shape index (κ2) is 3.85. The fourth-order valence-electron chi connectivity index (χ4n) is 2.02. The summed E-state index contributed by atoms with van der Waals surface area (Å²) in [6.45, 7) is 0. The highest BCUT2D eigenvalue weighted by Crippen LogP contribution is 2.37. The van der Waals surface area contributed by atoms with E-state index in [1.54, 1.807) is 0 Å². The van der Waals surface area contributed by atoms with E-state index in [9.17, 15) is 4.79 Å². The van der Waals surface area contributed by atoms with Crippen LogP contribution in [0.25, 0.3) is 0 Å². The molecule has 15 heavy (non-hydrogen) atoms. The van der Waals surface area contributed by atoms with E-state index in [2.05, 4.69) is 22.0 Å². The number of hydrogen-bond acceptors (Lipinski definition) is 3. The number of fused-ring (bicyclic) bond motifs is 1. The summed E-state index contributed by atoms with van der Waals surface area (Å²) in [5.74, 6) is -0.0223. The topological polar surface area (TPSA) is 29.5 Å². The monoisotopic (exact) mass is 269 g/mol. The summed E-state index contributed by atoms with van der Waals surface area (Å²) in [5, 5.41) is 0. The lowest BCUT2D eigenvalue weighted by Gasteiger charge is -2.29. The van der Waals surface area contributed by atoms with Crippen LogP contribution in [-0.2, 0) is 9.53 Å². The van der Waals surface area contributed by atoms with Gasteiger partial charge < -0.3 is 9.64 Å². The molecule has 4 heteroatoms. The molecule has 0 spiro atoms. The largest absolute Gasteiger partial charge is 0.466 e. The highest BCUT2D eigenvalue weighted by Gasteiger charge is 2.37. The molecular weight excluding hydrogens is 258 g/mol. The Hall–Kier alpha value is -1.03. The van der Waals surface area contributed by atoms with Crippen LogP contribution in [0.5, 0.6) is 0 Å². The number of ether oxygens (including phenoxy) is 1. The van der Waals surface area contributed by atoms with Gasteiger partial charge in [0.05, 0.1) is 18.7 Å². The van der Waals surface area contributed by atoms with Crippen LogP contribution in [0.2, 0.25) is 0 Å². The van der Waals surface area contributed by atoms with Crippen molar-refractivity contribution in [3.05, 3.63) is 34.5 Å². The quantitative estimate of drug-likeness (QED) is 0.681. The highest BCUT2D eigenvalue weighted by molar-refractivity contribution is 9.11. The van der Waals surface area contributed by atoms with E-state index in [0.717, 1.165) is 4.48 Å². The molecule has 0 radical (unpaired) electrons. The van der Waals surface area contributed by atoms with Crippen molar-refractivity contribution in [3.63, 3.8) is 0 Å². The van der Waals surface area contributed by atoms with Crippen LogP contribution >= 0.6 is 15.9 Å². The molecule has 3 nitrogen and oxygen atoms in total. The lowest BCUT2D eigenvalue weighted by atomic mass is 9.90. The van der Waals surface area contributed by atoms with Gasteiger partial charge in [0.25, 0.3) is 0 Å². The first-order chi connectivity index (χ1) is 7.15. The molecule has 1 aliphatic heterocycles. The maximum absolute atomic E-state index is 11.6. The second-order valence-electron chi connectivity index (χ2n) is 3.64. The number of methoxy groups -OCH3 is 1. The van der Waals surface area contributed by atoms with Crippen molar-refractivity contribution < 1.29 is 9.53 Å². The first-order valence-corrected chi connectivity index (χ1v) is 5.50. The fourth-order valence-corrected chi connectivity index (χ4v) is 2.56. The number of esters is 1. The Morgan fingerprint density at radius 2 is 2.27 bits per heavy atom. The van der Waals surface area contributed by atoms with E-state index < -0.39 is 0 Å². The van der Waals surface area contributed by atoms with Gasteiger partial charge in [-0.25, -0.2) is 4.79 Å². The van der Waals surface area contributed by atoms with Gasteiger partial charge in [0.1, 0.15) is 0 Å². The highest BCUT2D eigenvalue weighted by atomic mass is 79.9. The van der Waals surface area contributed by atoms with Crippen LogP contribution in [0.15, 0.2) is 34.5 Å². The molecule has 0 aromatic carbocycles. The molecule has 80 valence electrons. The Bertz CT molecular complexity index is 384. The SMILES string of the molecule is COC(=O)C1=CC=C(Br)C2C=CN(C)C12. The Kier molecular flexibility index (Phi) is 2.69. The number of allylic oxidation sites excluding steroid dienone is 2. The molecule has 0 saturated heterocycles. The van der Waals surface area contributed by atoms with E-state index in [1.165, 1.54) is 7.11 Å². The van der Waals surface area contributed by atoms with Gasteiger partial charge in [-0.05, 0) is 12.3 Å². The third-order valence-electron chi connectivity index (χ3n) is 2.79. The summed E-state index contributed by atoms with van der Waals surface area (Å²) in [5.41, 5.74) is 0.707. The average molecular weight is 270 g/mol. The zero-order chi connectivity index (χ0) is 11.0. The number of carbonyl (C=O) groups excluding carboxylic acids is 1. The standard InChI is InChI=1S/C11H12BrNO2/c1-13-6-5-7-9(12)4-3-8(10(7)13)11(14)15-2/h3-7,10H,1-2H3. The summed E-state index contributed by atoms with van der Waals surface area (Å²) < 4.78 is 5.87. The van der Waals surface area contributed by atoms with Crippen LogP contribution < -0.4 is 0 Å². The van der Waals surface area contributed by atoms with Crippen LogP contribution in [0.4, 0.5) is 0 Å². The zero-order valence-electron chi connectivity index (χ0n) is 8.61.